The lowest BCUT2D eigenvalue weighted by molar-refractivity contribution is 0.0868. The van der Waals surface area contributed by atoms with Gasteiger partial charge in [0.05, 0.1) is 17.7 Å². The Balaban J connectivity index is 2.01. The van der Waals surface area contributed by atoms with Gasteiger partial charge in [0.2, 0.25) is 0 Å². The second-order valence-electron chi connectivity index (χ2n) is 3.55. The molecule has 82 valence electrons. The molecule has 0 bridgehead atoms. The number of aliphatic hydroxyl groups is 1. The number of aromatic nitrogens is 1. The molecule has 0 radical (unpaired) electrons. The zero-order valence-corrected chi connectivity index (χ0v) is 10.3. The summed E-state index contributed by atoms with van der Waals surface area (Å²) in [7, 11) is 0. The smallest absolute Gasteiger partial charge is 0.272 e. The Morgan fingerprint density at radius 2 is 2.47 bits per heavy atom. The van der Waals surface area contributed by atoms with Crippen molar-refractivity contribution in [1.29, 1.82) is 0 Å². The van der Waals surface area contributed by atoms with Gasteiger partial charge in [-0.15, -0.1) is 11.3 Å². The first-order valence-electron chi connectivity index (χ1n) is 4.76. The van der Waals surface area contributed by atoms with Gasteiger partial charge in [0.15, 0.2) is 5.69 Å². The maximum absolute atomic E-state index is 11.7. The lowest BCUT2D eigenvalue weighted by atomic mass is 10.2. The third-order valence-electron chi connectivity index (χ3n) is 2.54. The molecule has 0 aliphatic heterocycles. The van der Waals surface area contributed by atoms with E-state index in [0.717, 1.165) is 23.0 Å². The molecule has 2 unspecified atom stereocenters. The molecule has 0 spiro atoms. The molecule has 1 saturated carbocycles. The van der Waals surface area contributed by atoms with Gasteiger partial charge in [-0.3, -0.25) is 4.79 Å². The number of aliphatic hydroxyl groups excluding tert-OH is 1. The topological polar surface area (TPSA) is 62.2 Å². The van der Waals surface area contributed by atoms with Crippen LogP contribution in [0.3, 0.4) is 0 Å². The molecule has 1 amide bonds. The molecular weight excluding hydrogens is 280 g/mol. The van der Waals surface area contributed by atoms with Gasteiger partial charge in [-0.1, -0.05) is 0 Å². The van der Waals surface area contributed by atoms with Crippen LogP contribution in [0.1, 0.15) is 29.8 Å². The fourth-order valence-electron chi connectivity index (χ4n) is 1.73. The van der Waals surface area contributed by atoms with Crippen molar-refractivity contribution in [3.05, 3.63) is 15.0 Å². The van der Waals surface area contributed by atoms with E-state index in [1.54, 1.807) is 5.51 Å². The Labute approximate surface area is 99.8 Å². The third kappa shape index (κ3) is 2.38. The second kappa shape index (κ2) is 4.59. The number of hydrogen-bond acceptors (Lipinski definition) is 4. The summed E-state index contributed by atoms with van der Waals surface area (Å²) in [6, 6.07) is -0.119. The molecule has 1 fully saturated rings. The number of rotatable bonds is 2. The van der Waals surface area contributed by atoms with Gasteiger partial charge in [0.1, 0.15) is 3.79 Å². The zero-order valence-electron chi connectivity index (χ0n) is 7.94. The first kappa shape index (κ1) is 11.0. The number of hydrogen-bond donors (Lipinski definition) is 2. The fourth-order valence-corrected chi connectivity index (χ4v) is 2.77. The van der Waals surface area contributed by atoms with Crippen molar-refractivity contribution in [1.82, 2.24) is 10.3 Å². The second-order valence-corrected chi connectivity index (χ2v) is 5.73. The van der Waals surface area contributed by atoms with Crippen molar-refractivity contribution in [3.8, 4) is 0 Å². The van der Waals surface area contributed by atoms with E-state index in [1.807, 2.05) is 0 Å². The summed E-state index contributed by atoms with van der Waals surface area (Å²) >= 11 is 4.64. The summed E-state index contributed by atoms with van der Waals surface area (Å²) in [5, 5.41) is 12.4. The van der Waals surface area contributed by atoms with Gasteiger partial charge in [-0.25, -0.2) is 4.98 Å². The maximum atomic E-state index is 11.7. The van der Waals surface area contributed by atoms with Crippen molar-refractivity contribution in [2.45, 2.75) is 31.4 Å². The highest BCUT2D eigenvalue weighted by molar-refractivity contribution is 9.11. The van der Waals surface area contributed by atoms with Crippen molar-refractivity contribution in [2.24, 2.45) is 0 Å². The molecule has 1 aliphatic carbocycles. The van der Waals surface area contributed by atoms with E-state index in [-0.39, 0.29) is 11.9 Å². The molecule has 0 saturated heterocycles. The van der Waals surface area contributed by atoms with E-state index >= 15 is 0 Å². The van der Waals surface area contributed by atoms with E-state index in [4.69, 9.17) is 0 Å². The molecule has 1 aliphatic rings. The SMILES string of the molecule is O=C(NC1CCCC1O)c1ncsc1Br. The van der Waals surface area contributed by atoms with E-state index in [1.165, 1.54) is 11.3 Å². The first-order chi connectivity index (χ1) is 7.18. The summed E-state index contributed by atoms with van der Waals surface area (Å²) < 4.78 is 0.729. The Kier molecular flexibility index (Phi) is 3.38. The van der Waals surface area contributed by atoms with Gasteiger partial charge in [0.25, 0.3) is 5.91 Å². The van der Waals surface area contributed by atoms with Crippen LogP contribution in [0.15, 0.2) is 9.30 Å². The van der Waals surface area contributed by atoms with Gasteiger partial charge in [-0.05, 0) is 35.2 Å². The van der Waals surface area contributed by atoms with Crippen LogP contribution in [0.2, 0.25) is 0 Å². The van der Waals surface area contributed by atoms with E-state index < -0.39 is 6.10 Å². The largest absolute Gasteiger partial charge is 0.391 e. The standard InChI is InChI=1S/C9H11BrN2O2S/c10-8-7(11-4-15-8)9(14)12-5-2-1-3-6(5)13/h4-6,13H,1-3H2,(H,12,14). The van der Waals surface area contributed by atoms with Crippen LogP contribution in [0.4, 0.5) is 0 Å². The minimum atomic E-state index is -0.411. The average Bonchev–Trinajstić information content (AvgIpc) is 2.76. The molecule has 2 rings (SSSR count). The number of nitrogens with zero attached hydrogens (tertiary/aromatic N) is 1. The fraction of sp³-hybridized carbons (Fsp3) is 0.556. The summed E-state index contributed by atoms with van der Waals surface area (Å²) in [6.45, 7) is 0. The first-order valence-corrected chi connectivity index (χ1v) is 6.43. The molecule has 1 heterocycles. The number of carbonyl (C=O) groups is 1. The predicted molar refractivity (Wildman–Crippen MR) is 60.9 cm³/mol. The van der Waals surface area contributed by atoms with Crippen LogP contribution in [0, 0.1) is 0 Å². The highest BCUT2D eigenvalue weighted by Crippen LogP contribution is 2.22. The lowest BCUT2D eigenvalue weighted by Crippen LogP contribution is -2.40. The molecule has 6 heteroatoms. The van der Waals surface area contributed by atoms with Crippen molar-refractivity contribution in [2.75, 3.05) is 0 Å². The summed E-state index contributed by atoms with van der Waals surface area (Å²) in [5.41, 5.74) is 2.02. The molecular formula is C9H11BrN2O2S. The van der Waals surface area contributed by atoms with Gasteiger partial charge in [0, 0.05) is 0 Å². The quantitative estimate of drug-likeness (QED) is 0.869. The summed E-state index contributed by atoms with van der Waals surface area (Å²) in [5.74, 6) is -0.214. The Bertz CT molecular complexity index is 369. The predicted octanol–water partition coefficient (Wildman–Crippen LogP) is 1.55. The molecule has 1 aromatic heterocycles. The lowest BCUT2D eigenvalue weighted by Gasteiger charge is -2.15. The average molecular weight is 291 g/mol. The Morgan fingerprint density at radius 3 is 3.00 bits per heavy atom. The van der Waals surface area contributed by atoms with Crippen molar-refractivity contribution in [3.63, 3.8) is 0 Å². The monoisotopic (exact) mass is 290 g/mol. The van der Waals surface area contributed by atoms with Crippen LogP contribution >= 0.6 is 27.3 Å². The van der Waals surface area contributed by atoms with Gasteiger partial charge < -0.3 is 10.4 Å². The molecule has 2 atom stereocenters. The number of halogens is 1. The summed E-state index contributed by atoms with van der Waals surface area (Å²) in [4.78, 5) is 15.7. The van der Waals surface area contributed by atoms with Crippen LogP contribution in [0.25, 0.3) is 0 Å². The van der Waals surface area contributed by atoms with E-state index in [0.29, 0.717) is 5.69 Å². The zero-order chi connectivity index (χ0) is 10.8. The number of carbonyl (C=O) groups excluding carboxylic acids is 1. The molecule has 2 N–H and O–H groups in total. The van der Waals surface area contributed by atoms with E-state index in [9.17, 15) is 9.90 Å². The molecule has 1 aromatic rings. The maximum Gasteiger partial charge on any atom is 0.272 e. The molecule has 4 nitrogen and oxygen atoms in total. The number of nitrogens with one attached hydrogen (secondary N) is 1. The molecule has 0 aromatic carbocycles. The molecule has 15 heavy (non-hydrogen) atoms. The number of amides is 1. The van der Waals surface area contributed by atoms with Crippen LogP contribution in [0.5, 0.6) is 0 Å². The van der Waals surface area contributed by atoms with Crippen molar-refractivity contribution < 1.29 is 9.90 Å². The van der Waals surface area contributed by atoms with Crippen LogP contribution in [-0.2, 0) is 0 Å². The van der Waals surface area contributed by atoms with Gasteiger partial charge in [-0.2, -0.15) is 0 Å². The minimum Gasteiger partial charge on any atom is -0.391 e. The van der Waals surface area contributed by atoms with Crippen molar-refractivity contribution >= 4 is 33.2 Å². The highest BCUT2D eigenvalue weighted by atomic mass is 79.9. The normalized spacial score (nSPS) is 25.5. The minimum absolute atomic E-state index is 0.119. The highest BCUT2D eigenvalue weighted by Gasteiger charge is 2.27. The van der Waals surface area contributed by atoms with Gasteiger partial charge >= 0.3 is 0 Å². The van der Waals surface area contributed by atoms with E-state index in [2.05, 4.69) is 26.2 Å². The summed E-state index contributed by atoms with van der Waals surface area (Å²) in [6.07, 6.45) is 2.16. The third-order valence-corrected chi connectivity index (χ3v) is 4.08. The van der Waals surface area contributed by atoms with Crippen LogP contribution < -0.4 is 5.32 Å². The van der Waals surface area contributed by atoms with Crippen LogP contribution in [-0.4, -0.2) is 28.1 Å². The number of thiazole rings is 1. The Hall–Kier alpha value is -0.460. The Morgan fingerprint density at radius 1 is 1.67 bits per heavy atom.